The third-order valence-electron chi connectivity index (χ3n) is 3.73. The molecule has 1 atom stereocenters. The molecule has 27 heavy (non-hydrogen) atoms. The summed E-state index contributed by atoms with van der Waals surface area (Å²) in [7, 11) is -4.19. The lowest BCUT2D eigenvalue weighted by atomic mass is 10.1. The van der Waals surface area contributed by atoms with Crippen LogP contribution in [0.25, 0.3) is 0 Å². The Morgan fingerprint density at radius 1 is 1.19 bits per heavy atom. The first-order valence-electron chi connectivity index (χ1n) is 7.71. The predicted molar refractivity (Wildman–Crippen MR) is 103 cm³/mol. The van der Waals surface area contributed by atoms with Crippen molar-refractivity contribution < 1.29 is 17.2 Å². The normalized spacial score (nSPS) is 12.6. The second-order valence-electron chi connectivity index (χ2n) is 5.57. The van der Waals surface area contributed by atoms with Crippen LogP contribution in [0.15, 0.2) is 52.9 Å². The Balaban J connectivity index is 1.88. The van der Waals surface area contributed by atoms with Gasteiger partial charge in [0.05, 0.1) is 11.7 Å². The molecule has 3 aromatic rings. The van der Waals surface area contributed by atoms with Gasteiger partial charge in [-0.1, -0.05) is 29.8 Å². The van der Waals surface area contributed by atoms with Gasteiger partial charge in [0, 0.05) is 17.1 Å². The van der Waals surface area contributed by atoms with E-state index in [9.17, 15) is 17.2 Å². The number of aromatic nitrogens is 1. The van der Waals surface area contributed by atoms with E-state index in [1.807, 2.05) is 0 Å². The summed E-state index contributed by atoms with van der Waals surface area (Å²) in [6.45, 7) is 1.68. The Labute approximate surface area is 164 Å². The van der Waals surface area contributed by atoms with Gasteiger partial charge in [0.2, 0.25) is 0 Å². The lowest BCUT2D eigenvalue weighted by Crippen LogP contribution is -2.15. The van der Waals surface area contributed by atoms with Crippen LogP contribution in [0, 0.1) is 11.6 Å². The fraction of sp³-hybridized carbons (Fsp3) is 0.118. The van der Waals surface area contributed by atoms with E-state index in [-0.39, 0.29) is 10.8 Å². The van der Waals surface area contributed by atoms with Crippen LogP contribution in [0.4, 0.5) is 19.6 Å². The summed E-state index contributed by atoms with van der Waals surface area (Å²) in [5, 5.41) is 4.19. The van der Waals surface area contributed by atoms with Crippen LogP contribution in [0.2, 0.25) is 5.02 Å². The Bertz CT molecular complexity index is 1060. The molecule has 0 fully saturated rings. The van der Waals surface area contributed by atoms with E-state index in [0.717, 1.165) is 17.4 Å². The van der Waals surface area contributed by atoms with Gasteiger partial charge in [-0.2, -0.15) is 0 Å². The number of hydrogen-bond donors (Lipinski definition) is 2. The quantitative estimate of drug-likeness (QED) is 0.575. The molecule has 3 rings (SSSR count). The summed E-state index contributed by atoms with van der Waals surface area (Å²) in [4.78, 5) is 3.20. The molecule has 0 aliphatic rings. The Morgan fingerprint density at radius 2 is 1.93 bits per heavy atom. The van der Waals surface area contributed by atoms with E-state index >= 15 is 0 Å². The maximum Gasteiger partial charge on any atom is 0.266 e. The third-order valence-corrected chi connectivity index (χ3v) is 6.28. The lowest BCUT2D eigenvalue weighted by molar-refractivity contribution is 0.570. The monoisotopic (exact) mass is 429 g/mol. The largest absolute Gasteiger partial charge is 0.377 e. The van der Waals surface area contributed by atoms with E-state index in [1.165, 1.54) is 18.3 Å². The van der Waals surface area contributed by atoms with Gasteiger partial charge in [-0.15, -0.1) is 11.3 Å². The SMILES string of the molecule is CC(Nc1ccc(S(=O)(=O)Nc2nccs2)c(F)c1Cl)c1ccccc1F. The van der Waals surface area contributed by atoms with Gasteiger partial charge < -0.3 is 5.32 Å². The zero-order valence-corrected chi connectivity index (χ0v) is 16.3. The molecule has 10 heteroatoms. The number of rotatable bonds is 6. The first-order chi connectivity index (χ1) is 12.8. The molecule has 1 aromatic heterocycles. The van der Waals surface area contributed by atoms with Gasteiger partial charge in [0.1, 0.15) is 15.7 Å². The molecule has 2 N–H and O–H groups in total. The number of halogens is 3. The van der Waals surface area contributed by atoms with Crippen LogP contribution in [-0.2, 0) is 10.0 Å². The number of benzene rings is 2. The van der Waals surface area contributed by atoms with Crippen molar-refractivity contribution in [2.75, 3.05) is 10.0 Å². The van der Waals surface area contributed by atoms with Crippen molar-refractivity contribution in [1.82, 2.24) is 4.98 Å². The summed E-state index contributed by atoms with van der Waals surface area (Å²) >= 11 is 7.08. The third kappa shape index (κ3) is 4.20. The van der Waals surface area contributed by atoms with Gasteiger partial charge in [-0.25, -0.2) is 22.2 Å². The fourth-order valence-corrected chi connectivity index (χ4v) is 4.58. The molecule has 0 saturated carbocycles. The van der Waals surface area contributed by atoms with Crippen LogP contribution in [-0.4, -0.2) is 13.4 Å². The first kappa shape index (κ1) is 19.5. The highest BCUT2D eigenvalue weighted by Crippen LogP contribution is 2.33. The number of thiazole rings is 1. The molecular weight excluding hydrogens is 416 g/mol. The Hall–Kier alpha value is -2.23. The van der Waals surface area contributed by atoms with Crippen LogP contribution in [0.3, 0.4) is 0 Å². The molecule has 5 nitrogen and oxygen atoms in total. The Morgan fingerprint density at radius 3 is 2.59 bits per heavy atom. The summed E-state index contributed by atoms with van der Waals surface area (Å²) in [5.41, 5.74) is 0.522. The molecule has 142 valence electrons. The van der Waals surface area contributed by atoms with Crippen molar-refractivity contribution in [1.29, 1.82) is 0 Å². The predicted octanol–water partition coefficient (Wildman–Crippen LogP) is 5.05. The number of sulfonamides is 1. The van der Waals surface area contributed by atoms with E-state index in [1.54, 1.807) is 30.5 Å². The minimum absolute atomic E-state index is 0.112. The zero-order chi connectivity index (χ0) is 19.6. The molecule has 0 aliphatic heterocycles. The van der Waals surface area contributed by atoms with Crippen molar-refractivity contribution in [3.63, 3.8) is 0 Å². The lowest BCUT2D eigenvalue weighted by Gasteiger charge is -2.18. The van der Waals surface area contributed by atoms with Gasteiger partial charge in [0.25, 0.3) is 10.0 Å². The highest BCUT2D eigenvalue weighted by Gasteiger charge is 2.24. The highest BCUT2D eigenvalue weighted by molar-refractivity contribution is 7.93. The molecule has 0 aliphatic carbocycles. The summed E-state index contributed by atoms with van der Waals surface area (Å²) < 4.78 is 55.4. The minimum Gasteiger partial charge on any atom is -0.377 e. The standard InChI is InChI=1S/C17H14ClF2N3O2S2/c1-10(11-4-2-3-5-12(11)19)22-13-6-7-14(16(20)15(13)18)27(24,25)23-17-21-8-9-26-17/h2-10,22H,1H3,(H,21,23). The highest BCUT2D eigenvalue weighted by atomic mass is 35.5. The van der Waals surface area contributed by atoms with Crippen molar-refractivity contribution in [3.8, 4) is 0 Å². The van der Waals surface area contributed by atoms with Crippen LogP contribution in [0.5, 0.6) is 0 Å². The summed E-state index contributed by atoms with van der Waals surface area (Å²) in [5.74, 6) is -1.52. The van der Waals surface area contributed by atoms with Crippen LogP contribution < -0.4 is 10.0 Å². The van der Waals surface area contributed by atoms with E-state index in [2.05, 4.69) is 15.0 Å². The molecule has 0 radical (unpaired) electrons. The minimum atomic E-state index is -4.19. The zero-order valence-electron chi connectivity index (χ0n) is 13.9. The van der Waals surface area contributed by atoms with Gasteiger partial charge in [0.15, 0.2) is 10.9 Å². The van der Waals surface area contributed by atoms with E-state index in [0.29, 0.717) is 5.56 Å². The molecular formula is C17H14ClF2N3O2S2. The van der Waals surface area contributed by atoms with Crippen molar-refractivity contribution >= 4 is 43.8 Å². The average Bonchev–Trinajstić information content (AvgIpc) is 3.11. The molecule has 2 aromatic carbocycles. The average molecular weight is 430 g/mol. The number of anilines is 2. The second kappa shape index (κ2) is 7.79. The van der Waals surface area contributed by atoms with Crippen molar-refractivity contribution in [3.05, 3.63) is 70.2 Å². The molecule has 0 saturated heterocycles. The maximum atomic E-state index is 14.6. The molecule has 0 bridgehead atoms. The summed E-state index contributed by atoms with van der Waals surface area (Å²) in [6, 6.07) is 8.06. The van der Waals surface area contributed by atoms with Gasteiger partial charge >= 0.3 is 0 Å². The van der Waals surface area contributed by atoms with E-state index in [4.69, 9.17) is 11.6 Å². The van der Waals surface area contributed by atoms with Crippen molar-refractivity contribution in [2.45, 2.75) is 17.9 Å². The number of hydrogen-bond acceptors (Lipinski definition) is 5. The molecule has 0 spiro atoms. The first-order valence-corrected chi connectivity index (χ1v) is 10.4. The molecule has 0 amide bonds. The summed E-state index contributed by atoms with van der Waals surface area (Å²) in [6.07, 6.45) is 1.42. The fourth-order valence-electron chi connectivity index (χ4n) is 2.43. The smallest absolute Gasteiger partial charge is 0.266 e. The van der Waals surface area contributed by atoms with E-state index < -0.39 is 37.6 Å². The van der Waals surface area contributed by atoms with Crippen molar-refractivity contribution in [2.24, 2.45) is 0 Å². The second-order valence-corrected chi connectivity index (χ2v) is 8.49. The number of nitrogens with zero attached hydrogens (tertiary/aromatic N) is 1. The molecule has 1 unspecified atom stereocenters. The van der Waals surface area contributed by atoms with Gasteiger partial charge in [-0.05, 0) is 25.1 Å². The molecule has 1 heterocycles. The number of nitrogens with one attached hydrogen (secondary N) is 2. The topological polar surface area (TPSA) is 71.1 Å². The van der Waals surface area contributed by atoms with Gasteiger partial charge in [-0.3, -0.25) is 4.72 Å². The van der Waals surface area contributed by atoms with Crippen LogP contribution >= 0.6 is 22.9 Å². The van der Waals surface area contributed by atoms with Crippen LogP contribution in [0.1, 0.15) is 18.5 Å². The Kier molecular flexibility index (Phi) is 5.64. The maximum absolute atomic E-state index is 14.6.